The zero-order chi connectivity index (χ0) is 13.7. The predicted molar refractivity (Wildman–Crippen MR) is 77.0 cm³/mol. The van der Waals surface area contributed by atoms with Gasteiger partial charge >= 0.3 is 0 Å². The van der Waals surface area contributed by atoms with E-state index in [0.29, 0.717) is 16.5 Å². The third-order valence-corrected chi connectivity index (χ3v) is 3.04. The second-order valence-corrected chi connectivity index (χ2v) is 5.50. The fourth-order valence-electron chi connectivity index (χ4n) is 1.75. The van der Waals surface area contributed by atoms with Gasteiger partial charge in [-0.3, -0.25) is 0 Å². The number of rotatable bonds is 5. The minimum Gasteiger partial charge on any atom is -0.380 e. The smallest absolute Gasteiger partial charge is 0.101 e. The van der Waals surface area contributed by atoms with Gasteiger partial charge < -0.3 is 10.2 Å². The summed E-state index contributed by atoms with van der Waals surface area (Å²) in [4.78, 5) is 2.13. The molecule has 1 aromatic carbocycles. The molecule has 1 rings (SSSR count). The van der Waals surface area contributed by atoms with Crippen molar-refractivity contribution in [3.05, 3.63) is 28.8 Å². The van der Waals surface area contributed by atoms with Crippen LogP contribution in [0.25, 0.3) is 0 Å². The van der Waals surface area contributed by atoms with Gasteiger partial charge in [0.1, 0.15) is 6.07 Å². The quantitative estimate of drug-likeness (QED) is 0.889. The highest BCUT2D eigenvalue weighted by Crippen LogP contribution is 2.22. The summed E-state index contributed by atoms with van der Waals surface area (Å²) in [5.41, 5.74) is 1.44. The summed E-state index contributed by atoms with van der Waals surface area (Å²) in [6.45, 7) is 5.24. The summed E-state index contributed by atoms with van der Waals surface area (Å²) in [5.74, 6) is 0.470. The first-order chi connectivity index (χ1) is 8.43. The molecule has 1 atom stereocenters. The third kappa shape index (κ3) is 4.21. The average Bonchev–Trinajstić information content (AvgIpc) is 2.27. The molecule has 0 spiro atoms. The monoisotopic (exact) mass is 265 g/mol. The molecule has 18 heavy (non-hydrogen) atoms. The Morgan fingerprint density at radius 1 is 1.39 bits per heavy atom. The van der Waals surface area contributed by atoms with E-state index in [1.54, 1.807) is 12.1 Å². The van der Waals surface area contributed by atoms with Gasteiger partial charge in [-0.25, -0.2) is 0 Å². The Kier molecular flexibility index (Phi) is 5.46. The van der Waals surface area contributed by atoms with Crippen LogP contribution in [0.5, 0.6) is 0 Å². The zero-order valence-corrected chi connectivity index (χ0v) is 12.1. The molecule has 3 nitrogen and oxygen atoms in total. The Morgan fingerprint density at radius 3 is 2.56 bits per heavy atom. The SMILES string of the molecule is CC(C)C(CN(C)C)Nc1cc(Cl)ccc1C#N. The van der Waals surface area contributed by atoms with Crippen LogP contribution in [-0.2, 0) is 0 Å². The van der Waals surface area contributed by atoms with E-state index in [1.807, 2.05) is 20.2 Å². The van der Waals surface area contributed by atoms with Gasteiger partial charge in [-0.1, -0.05) is 25.4 Å². The average molecular weight is 266 g/mol. The van der Waals surface area contributed by atoms with Crippen molar-refractivity contribution >= 4 is 17.3 Å². The van der Waals surface area contributed by atoms with E-state index in [0.717, 1.165) is 12.2 Å². The molecule has 0 aliphatic carbocycles. The number of halogens is 1. The molecule has 98 valence electrons. The van der Waals surface area contributed by atoms with E-state index in [1.165, 1.54) is 0 Å². The molecule has 0 saturated carbocycles. The number of benzene rings is 1. The van der Waals surface area contributed by atoms with Gasteiger partial charge in [0.25, 0.3) is 0 Å². The van der Waals surface area contributed by atoms with E-state index in [4.69, 9.17) is 16.9 Å². The van der Waals surface area contributed by atoms with Crippen LogP contribution in [0.3, 0.4) is 0 Å². The van der Waals surface area contributed by atoms with Crippen molar-refractivity contribution in [2.45, 2.75) is 19.9 Å². The van der Waals surface area contributed by atoms with Crippen LogP contribution < -0.4 is 5.32 Å². The van der Waals surface area contributed by atoms with Gasteiger partial charge in [0, 0.05) is 17.6 Å². The van der Waals surface area contributed by atoms with Crippen molar-refractivity contribution < 1.29 is 0 Å². The number of hydrogen-bond donors (Lipinski definition) is 1. The summed E-state index contributed by atoms with van der Waals surface area (Å²) in [5, 5.41) is 13.2. The fraction of sp³-hybridized carbons (Fsp3) is 0.500. The van der Waals surface area contributed by atoms with E-state index in [2.05, 4.69) is 30.1 Å². The van der Waals surface area contributed by atoms with Crippen molar-refractivity contribution in [2.24, 2.45) is 5.92 Å². The second-order valence-electron chi connectivity index (χ2n) is 5.06. The van der Waals surface area contributed by atoms with Crippen LogP contribution in [0.4, 0.5) is 5.69 Å². The lowest BCUT2D eigenvalue weighted by molar-refractivity contribution is 0.344. The molecule has 1 unspecified atom stereocenters. The Hall–Kier alpha value is -1.24. The van der Waals surface area contributed by atoms with Crippen molar-refractivity contribution in [1.29, 1.82) is 5.26 Å². The third-order valence-electron chi connectivity index (χ3n) is 2.81. The largest absolute Gasteiger partial charge is 0.380 e. The predicted octanol–water partition coefficient (Wildman–Crippen LogP) is 3.21. The zero-order valence-electron chi connectivity index (χ0n) is 11.4. The van der Waals surface area contributed by atoms with Gasteiger partial charge in [-0.05, 0) is 38.2 Å². The second kappa shape index (κ2) is 6.63. The van der Waals surface area contributed by atoms with E-state index < -0.39 is 0 Å². The maximum atomic E-state index is 9.10. The lowest BCUT2D eigenvalue weighted by Gasteiger charge is -2.27. The molecule has 0 amide bonds. The molecule has 0 saturated heterocycles. The lowest BCUT2D eigenvalue weighted by Crippen LogP contribution is -2.36. The van der Waals surface area contributed by atoms with Gasteiger partial charge in [-0.15, -0.1) is 0 Å². The number of hydrogen-bond acceptors (Lipinski definition) is 3. The number of likely N-dealkylation sites (N-methyl/N-ethyl adjacent to an activating group) is 1. The molecule has 0 aromatic heterocycles. The highest BCUT2D eigenvalue weighted by molar-refractivity contribution is 6.30. The Balaban J connectivity index is 2.93. The number of nitrogens with zero attached hydrogens (tertiary/aromatic N) is 2. The van der Waals surface area contributed by atoms with Gasteiger partial charge in [-0.2, -0.15) is 5.26 Å². The molecule has 0 aliphatic rings. The molecular weight excluding hydrogens is 246 g/mol. The van der Waals surface area contributed by atoms with Gasteiger partial charge in [0.2, 0.25) is 0 Å². The molecule has 0 bridgehead atoms. The minimum absolute atomic E-state index is 0.283. The normalized spacial score (nSPS) is 12.6. The summed E-state index contributed by atoms with van der Waals surface area (Å²) >= 11 is 5.98. The first-order valence-corrected chi connectivity index (χ1v) is 6.42. The Morgan fingerprint density at radius 2 is 2.06 bits per heavy atom. The summed E-state index contributed by atoms with van der Waals surface area (Å²) < 4.78 is 0. The van der Waals surface area contributed by atoms with Crippen molar-refractivity contribution in [1.82, 2.24) is 4.90 Å². The first kappa shape index (κ1) is 14.8. The molecule has 0 heterocycles. The fourth-order valence-corrected chi connectivity index (χ4v) is 1.92. The van der Waals surface area contributed by atoms with Crippen molar-refractivity contribution in [3.8, 4) is 6.07 Å². The van der Waals surface area contributed by atoms with E-state index >= 15 is 0 Å². The summed E-state index contributed by atoms with van der Waals surface area (Å²) in [6, 6.07) is 7.76. The molecule has 0 radical (unpaired) electrons. The standard InChI is InChI=1S/C14H20ClN3/c1-10(2)14(9-18(3)4)17-13-7-12(15)6-5-11(13)8-16/h5-7,10,14,17H,9H2,1-4H3. The molecule has 0 aliphatic heterocycles. The van der Waals surface area contributed by atoms with E-state index in [-0.39, 0.29) is 6.04 Å². The molecule has 4 heteroatoms. The van der Waals surface area contributed by atoms with E-state index in [9.17, 15) is 0 Å². The summed E-state index contributed by atoms with van der Waals surface area (Å²) in [7, 11) is 4.08. The summed E-state index contributed by atoms with van der Waals surface area (Å²) in [6.07, 6.45) is 0. The minimum atomic E-state index is 0.283. The van der Waals surface area contributed by atoms with Crippen LogP contribution in [0.2, 0.25) is 5.02 Å². The van der Waals surface area contributed by atoms with Crippen molar-refractivity contribution in [3.63, 3.8) is 0 Å². The highest BCUT2D eigenvalue weighted by Gasteiger charge is 2.15. The van der Waals surface area contributed by atoms with Crippen LogP contribution in [-0.4, -0.2) is 31.6 Å². The van der Waals surface area contributed by atoms with Crippen LogP contribution >= 0.6 is 11.6 Å². The first-order valence-electron chi connectivity index (χ1n) is 6.05. The lowest BCUT2D eigenvalue weighted by atomic mass is 10.0. The van der Waals surface area contributed by atoms with Crippen LogP contribution in [0.15, 0.2) is 18.2 Å². The molecule has 1 N–H and O–H groups in total. The maximum Gasteiger partial charge on any atom is 0.101 e. The van der Waals surface area contributed by atoms with Crippen molar-refractivity contribution in [2.75, 3.05) is 26.0 Å². The number of anilines is 1. The topological polar surface area (TPSA) is 39.1 Å². The molecule has 0 fully saturated rings. The number of nitriles is 1. The Labute approximate surface area is 114 Å². The van der Waals surface area contributed by atoms with Gasteiger partial charge in [0.15, 0.2) is 0 Å². The molecule has 1 aromatic rings. The number of nitrogens with one attached hydrogen (secondary N) is 1. The maximum absolute atomic E-state index is 9.10. The van der Waals surface area contributed by atoms with Gasteiger partial charge in [0.05, 0.1) is 11.3 Å². The Bertz CT molecular complexity index is 435. The highest BCUT2D eigenvalue weighted by atomic mass is 35.5. The van der Waals surface area contributed by atoms with Crippen LogP contribution in [0, 0.1) is 17.2 Å². The van der Waals surface area contributed by atoms with Crippen LogP contribution in [0.1, 0.15) is 19.4 Å². The molecular formula is C14H20ClN3.